The fourth-order valence-corrected chi connectivity index (χ4v) is 2.55. The molecule has 0 unspecified atom stereocenters. The number of ketones is 1. The second-order valence-corrected chi connectivity index (χ2v) is 5.31. The molecule has 6 heteroatoms. The molecular formula is C16H11Cl2N3O. The number of carbonyl (C=O) groups excluding carboxylic acids is 1. The average molecular weight is 332 g/mol. The summed E-state index contributed by atoms with van der Waals surface area (Å²) in [7, 11) is 0. The fraction of sp³-hybridized carbons (Fsp3) is 0.0625. The van der Waals surface area contributed by atoms with Gasteiger partial charge >= 0.3 is 0 Å². The van der Waals surface area contributed by atoms with Crippen molar-refractivity contribution in [2.45, 2.75) is 5.88 Å². The number of nitrogens with zero attached hydrogens (tertiary/aromatic N) is 3. The number of aromatic nitrogens is 3. The topological polar surface area (TPSA) is 47.8 Å². The Labute approximate surface area is 137 Å². The molecule has 2 aromatic carbocycles. The minimum absolute atomic E-state index is 0.118. The van der Waals surface area contributed by atoms with Gasteiger partial charge in [-0.1, -0.05) is 41.9 Å². The van der Waals surface area contributed by atoms with Gasteiger partial charge in [0.1, 0.15) is 6.33 Å². The lowest BCUT2D eigenvalue weighted by molar-refractivity contribution is 0.103. The molecule has 0 saturated heterocycles. The van der Waals surface area contributed by atoms with Crippen molar-refractivity contribution >= 4 is 29.0 Å². The molecule has 0 amide bonds. The maximum absolute atomic E-state index is 12.8. The van der Waals surface area contributed by atoms with Crippen molar-refractivity contribution in [3.8, 4) is 5.69 Å². The Kier molecular flexibility index (Phi) is 4.22. The lowest BCUT2D eigenvalue weighted by Gasteiger charge is -2.11. The van der Waals surface area contributed by atoms with Crippen molar-refractivity contribution in [1.82, 2.24) is 14.8 Å². The predicted octanol–water partition coefficient (Wildman–Crippen LogP) is 3.89. The normalized spacial score (nSPS) is 10.6. The Morgan fingerprint density at radius 1 is 1.14 bits per heavy atom. The second kappa shape index (κ2) is 6.30. The van der Waals surface area contributed by atoms with Gasteiger partial charge in [-0.3, -0.25) is 9.36 Å². The summed E-state index contributed by atoms with van der Waals surface area (Å²) in [6.45, 7) is 0. The van der Waals surface area contributed by atoms with Gasteiger partial charge in [0.05, 0.1) is 11.6 Å². The maximum atomic E-state index is 12.8. The standard InChI is InChI=1S/C16H11Cl2N3O/c17-9-15-20-19-10-21(15)14-7-6-12(18)8-13(14)16(22)11-4-2-1-3-5-11/h1-8,10H,9H2. The Morgan fingerprint density at radius 2 is 1.91 bits per heavy atom. The van der Waals surface area contributed by atoms with Gasteiger partial charge < -0.3 is 0 Å². The molecule has 0 N–H and O–H groups in total. The van der Waals surface area contributed by atoms with E-state index in [0.29, 0.717) is 27.7 Å². The van der Waals surface area contributed by atoms with Crippen LogP contribution in [0.3, 0.4) is 0 Å². The first-order valence-corrected chi connectivity index (χ1v) is 7.46. The maximum Gasteiger partial charge on any atom is 0.195 e. The molecule has 0 aliphatic heterocycles. The van der Waals surface area contributed by atoms with Crippen LogP contribution in [0.15, 0.2) is 54.9 Å². The van der Waals surface area contributed by atoms with E-state index in [9.17, 15) is 4.79 Å². The van der Waals surface area contributed by atoms with Crippen molar-refractivity contribution in [3.05, 3.63) is 76.8 Å². The van der Waals surface area contributed by atoms with Gasteiger partial charge in [0, 0.05) is 16.1 Å². The number of halogens is 2. The molecule has 0 fully saturated rings. The molecule has 22 heavy (non-hydrogen) atoms. The summed E-state index contributed by atoms with van der Waals surface area (Å²) in [6.07, 6.45) is 1.53. The number of carbonyl (C=O) groups is 1. The lowest BCUT2D eigenvalue weighted by Crippen LogP contribution is -2.09. The van der Waals surface area contributed by atoms with Crippen molar-refractivity contribution in [3.63, 3.8) is 0 Å². The molecule has 0 spiro atoms. The van der Waals surface area contributed by atoms with Gasteiger partial charge in [-0.25, -0.2) is 0 Å². The van der Waals surface area contributed by atoms with E-state index in [1.54, 1.807) is 34.9 Å². The molecule has 0 bridgehead atoms. The van der Waals surface area contributed by atoms with Crippen molar-refractivity contribution in [1.29, 1.82) is 0 Å². The molecule has 3 rings (SSSR count). The van der Waals surface area contributed by atoms with E-state index in [4.69, 9.17) is 23.2 Å². The lowest BCUT2D eigenvalue weighted by atomic mass is 10.0. The predicted molar refractivity (Wildman–Crippen MR) is 85.8 cm³/mol. The third-order valence-electron chi connectivity index (χ3n) is 3.24. The third kappa shape index (κ3) is 2.75. The molecule has 0 saturated carbocycles. The summed E-state index contributed by atoms with van der Waals surface area (Å²) in [5.41, 5.74) is 1.72. The van der Waals surface area contributed by atoms with Crippen LogP contribution in [0.4, 0.5) is 0 Å². The van der Waals surface area contributed by atoms with Crippen LogP contribution in [0, 0.1) is 0 Å². The summed E-state index contributed by atoms with van der Waals surface area (Å²) in [6, 6.07) is 14.2. The molecule has 4 nitrogen and oxygen atoms in total. The average Bonchev–Trinajstić information content (AvgIpc) is 3.03. The summed E-state index contributed by atoms with van der Waals surface area (Å²) in [5.74, 6) is 0.639. The molecule has 110 valence electrons. The van der Waals surface area contributed by atoms with Crippen LogP contribution < -0.4 is 0 Å². The van der Waals surface area contributed by atoms with E-state index in [-0.39, 0.29) is 11.7 Å². The first-order chi connectivity index (χ1) is 10.7. The zero-order valence-corrected chi connectivity index (χ0v) is 12.9. The van der Waals surface area contributed by atoms with Gasteiger partial charge in [0.2, 0.25) is 0 Å². The largest absolute Gasteiger partial charge is 0.289 e. The van der Waals surface area contributed by atoms with Crippen LogP contribution in [0.5, 0.6) is 0 Å². The van der Waals surface area contributed by atoms with Gasteiger partial charge in [-0.2, -0.15) is 0 Å². The molecule has 1 heterocycles. The van der Waals surface area contributed by atoms with Crippen LogP contribution >= 0.6 is 23.2 Å². The highest BCUT2D eigenvalue weighted by Gasteiger charge is 2.17. The van der Waals surface area contributed by atoms with E-state index < -0.39 is 0 Å². The number of benzene rings is 2. The summed E-state index contributed by atoms with van der Waals surface area (Å²) in [5, 5.41) is 8.28. The fourth-order valence-electron chi connectivity index (χ4n) is 2.20. The monoisotopic (exact) mass is 331 g/mol. The zero-order chi connectivity index (χ0) is 15.5. The van der Waals surface area contributed by atoms with Crippen LogP contribution in [0.25, 0.3) is 5.69 Å². The number of hydrogen-bond donors (Lipinski definition) is 0. The van der Waals surface area contributed by atoms with Crippen LogP contribution in [-0.4, -0.2) is 20.5 Å². The van der Waals surface area contributed by atoms with E-state index in [1.165, 1.54) is 6.33 Å². The van der Waals surface area contributed by atoms with Gasteiger partial charge in [-0.05, 0) is 18.2 Å². The second-order valence-electron chi connectivity index (χ2n) is 4.61. The molecule has 3 aromatic rings. The van der Waals surface area contributed by atoms with Gasteiger partial charge in [0.25, 0.3) is 0 Å². The van der Waals surface area contributed by atoms with E-state index in [1.807, 2.05) is 18.2 Å². The molecule has 0 aliphatic rings. The first-order valence-electron chi connectivity index (χ1n) is 6.55. The smallest absolute Gasteiger partial charge is 0.195 e. The minimum atomic E-state index is -0.118. The van der Waals surface area contributed by atoms with Crippen LogP contribution in [0.1, 0.15) is 21.7 Å². The van der Waals surface area contributed by atoms with E-state index in [0.717, 1.165) is 0 Å². The molecule has 0 aliphatic carbocycles. The highest BCUT2D eigenvalue weighted by molar-refractivity contribution is 6.31. The Morgan fingerprint density at radius 3 is 2.64 bits per heavy atom. The highest BCUT2D eigenvalue weighted by atomic mass is 35.5. The van der Waals surface area contributed by atoms with Crippen molar-refractivity contribution < 1.29 is 4.79 Å². The molecular weight excluding hydrogens is 321 g/mol. The number of rotatable bonds is 4. The van der Waals surface area contributed by atoms with Crippen LogP contribution in [0.2, 0.25) is 5.02 Å². The van der Waals surface area contributed by atoms with E-state index in [2.05, 4.69) is 10.2 Å². The Bertz CT molecular complexity index is 815. The van der Waals surface area contributed by atoms with Gasteiger partial charge in [-0.15, -0.1) is 21.8 Å². The number of alkyl halides is 1. The SMILES string of the molecule is O=C(c1ccccc1)c1cc(Cl)ccc1-n1cnnc1CCl. The highest BCUT2D eigenvalue weighted by Crippen LogP contribution is 2.24. The zero-order valence-electron chi connectivity index (χ0n) is 11.4. The number of hydrogen-bond acceptors (Lipinski definition) is 3. The third-order valence-corrected chi connectivity index (χ3v) is 3.71. The van der Waals surface area contributed by atoms with Crippen LogP contribution in [-0.2, 0) is 5.88 Å². The van der Waals surface area contributed by atoms with Gasteiger partial charge in [0.15, 0.2) is 11.6 Å². The molecule has 1 aromatic heterocycles. The van der Waals surface area contributed by atoms with E-state index >= 15 is 0 Å². The summed E-state index contributed by atoms with van der Waals surface area (Å²) < 4.78 is 1.69. The first kappa shape index (κ1) is 14.8. The molecule has 0 atom stereocenters. The summed E-state index contributed by atoms with van der Waals surface area (Å²) in [4.78, 5) is 12.8. The minimum Gasteiger partial charge on any atom is -0.289 e. The molecule has 0 radical (unpaired) electrons. The van der Waals surface area contributed by atoms with Crippen molar-refractivity contribution in [2.75, 3.05) is 0 Å². The Balaban J connectivity index is 2.15. The summed E-state index contributed by atoms with van der Waals surface area (Å²) >= 11 is 11.9. The quantitative estimate of drug-likeness (QED) is 0.538. The van der Waals surface area contributed by atoms with Crippen molar-refractivity contribution in [2.24, 2.45) is 0 Å². The Hall–Kier alpha value is -2.17.